The molecule has 14 heavy (non-hydrogen) atoms. The molecule has 0 amide bonds. The zero-order valence-electron chi connectivity index (χ0n) is 8.04. The summed E-state index contributed by atoms with van der Waals surface area (Å²) in [4.78, 5) is 4.45. The quantitative estimate of drug-likeness (QED) is 0.710. The molecular formula is C11H10ClNS. The molecule has 0 aliphatic rings. The molecule has 2 aromatic rings. The van der Waals surface area contributed by atoms with E-state index in [1.165, 1.54) is 11.1 Å². The SMILES string of the molecule is Cc1csc(-c2ccc(Cl)cc2C)n1. The Bertz CT molecular complexity index is 462. The molecule has 72 valence electrons. The number of halogens is 1. The van der Waals surface area contributed by atoms with Crippen LogP contribution in [-0.2, 0) is 0 Å². The van der Waals surface area contributed by atoms with Crippen LogP contribution < -0.4 is 0 Å². The maximum Gasteiger partial charge on any atom is 0.123 e. The molecule has 0 aliphatic heterocycles. The van der Waals surface area contributed by atoms with E-state index in [0.717, 1.165) is 15.7 Å². The van der Waals surface area contributed by atoms with Crippen LogP contribution in [0.4, 0.5) is 0 Å². The fraction of sp³-hybridized carbons (Fsp3) is 0.182. The molecule has 2 rings (SSSR count). The summed E-state index contributed by atoms with van der Waals surface area (Å²) in [6, 6.07) is 5.89. The van der Waals surface area contributed by atoms with E-state index in [1.807, 2.05) is 25.1 Å². The van der Waals surface area contributed by atoms with Crippen molar-refractivity contribution in [2.75, 3.05) is 0 Å². The molecule has 0 unspecified atom stereocenters. The first-order valence-corrected chi connectivity index (χ1v) is 5.61. The zero-order chi connectivity index (χ0) is 10.1. The summed E-state index contributed by atoms with van der Waals surface area (Å²) < 4.78 is 0. The first-order chi connectivity index (χ1) is 6.66. The molecule has 3 heteroatoms. The minimum Gasteiger partial charge on any atom is -0.241 e. The van der Waals surface area contributed by atoms with Crippen LogP contribution in [0.3, 0.4) is 0 Å². The van der Waals surface area contributed by atoms with E-state index in [2.05, 4.69) is 17.3 Å². The van der Waals surface area contributed by atoms with Crippen molar-refractivity contribution < 1.29 is 0 Å². The van der Waals surface area contributed by atoms with Crippen LogP contribution in [-0.4, -0.2) is 4.98 Å². The molecule has 1 nitrogen and oxygen atoms in total. The van der Waals surface area contributed by atoms with Crippen molar-refractivity contribution in [1.29, 1.82) is 0 Å². The van der Waals surface area contributed by atoms with Crippen molar-refractivity contribution in [2.45, 2.75) is 13.8 Å². The Morgan fingerprint density at radius 2 is 2.07 bits per heavy atom. The minimum absolute atomic E-state index is 0.777. The van der Waals surface area contributed by atoms with Gasteiger partial charge in [0, 0.05) is 21.7 Å². The van der Waals surface area contributed by atoms with Crippen molar-refractivity contribution in [1.82, 2.24) is 4.98 Å². The summed E-state index contributed by atoms with van der Waals surface area (Å²) in [6.07, 6.45) is 0. The van der Waals surface area contributed by atoms with Crippen LogP contribution in [0.15, 0.2) is 23.6 Å². The average Bonchev–Trinajstić information content (AvgIpc) is 2.51. The predicted octanol–water partition coefficient (Wildman–Crippen LogP) is 4.08. The van der Waals surface area contributed by atoms with E-state index in [9.17, 15) is 0 Å². The van der Waals surface area contributed by atoms with Crippen LogP contribution in [0.2, 0.25) is 5.02 Å². The second-order valence-corrected chi connectivity index (χ2v) is 4.55. The van der Waals surface area contributed by atoms with Gasteiger partial charge in [0.05, 0.1) is 0 Å². The van der Waals surface area contributed by atoms with Gasteiger partial charge in [-0.15, -0.1) is 11.3 Å². The second-order valence-electron chi connectivity index (χ2n) is 3.25. The maximum atomic E-state index is 5.89. The summed E-state index contributed by atoms with van der Waals surface area (Å²) >= 11 is 7.56. The van der Waals surface area contributed by atoms with Crippen LogP contribution in [0, 0.1) is 13.8 Å². The average molecular weight is 224 g/mol. The van der Waals surface area contributed by atoms with E-state index in [0.29, 0.717) is 0 Å². The molecule has 0 radical (unpaired) electrons. The van der Waals surface area contributed by atoms with E-state index in [-0.39, 0.29) is 0 Å². The van der Waals surface area contributed by atoms with E-state index in [1.54, 1.807) is 11.3 Å². The number of aromatic nitrogens is 1. The Morgan fingerprint density at radius 3 is 2.64 bits per heavy atom. The van der Waals surface area contributed by atoms with Gasteiger partial charge in [0.2, 0.25) is 0 Å². The molecule has 0 fully saturated rings. The van der Waals surface area contributed by atoms with Gasteiger partial charge in [-0.2, -0.15) is 0 Å². The van der Waals surface area contributed by atoms with Crippen LogP contribution in [0.25, 0.3) is 10.6 Å². The third-order valence-electron chi connectivity index (χ3n) is 2.04. The molecule has 0 saturated heterocycles. The topological polar surface area (TPSA) is 12.9 Å². The number of benzene rings is 1. The molecule has 0 atom stereocenters. The number of hydrogen-bond acceptors (Lipinski definition) is 2. The number of hydrogen-bond donors (Lipinski definition) is 0. The van der Waals surface area contributed by atoms with E-state index < -0.39 is 0 Å². The highest BCUT2D eigenvalue weighted by Crippen LogP contribution is 2.28. The lowest BCUT2D eigenvalue weighted by atomic mass is 10.1. The van der Waals surface area contributed by atoms with Crippen LogP contribution in [0.5, 0.6) is 0 Å². The van der Waals surface area contributed by atoms with Crippen molar-refractivity contribution in [2.24, 2.45) is 0 Å². The molecule has 0 saturated carbocycles. The highest BCUT2D eigenvalue weighted by Gasteiger charge is 2.05. The molecule has 0 aliphatic carbocycles. The fourth-order valence-electron chi connectivity index (χ4n) is 1.34. The van der Waals surface area contributed by atoms with Gasteiger partial charge in [0.15, 0.2) is 0 Å². The summed E-state index contributed by atoms with van der Waals surface area (Å²) in [7, 11) is 0. The van der Waals surface area contributed by atoms with Gasteiger partial charge in [0.1, 0.15) is 5.01 Å². The Hall–Kier alpha value is -0.860. The fourth-order valence-corrected chi connectivity index (χ4v) is 2.46. The summed E-state index contributed by atoms with van der Waals surface area (Å²) in [5.41, 5.74) is 3.42. The lowest BCUT2D eigenvalue weighted by Crippen LogP contribution is -1.82. The number of nitrogens with zero attached hydrogens (tertiary/aromatic N) is 1. The molecule has 0 spiro atoms. The molecule has 1 aromatic heterocycles. The van der Waals surface area contributed by atoms with Crippen molar-refractivity contribution in [3.8, 4) is 10.6 Å². The lowest BCUT2D eigenvalue weighted by molar-refractivity contribution is 1.26. The Labute approximate surface area is 92.4 Å². The smallest absolute Gasteiger partial charge is 0.123 e. The Balaban J connectivity index is 2.52. The van der Waals surface area contributed by atoms with Gasteiger partial charge in [0.25, 0.3) is 0 Å². The van der Waals surface area contributed by atoms with Gasteiger partial charge in [-0.05, 0) is 31.5 Å². The third kappa shape index (κ3) is 1.81. The minimum atomic E-state index is 0.777. The van der Waals surface area contributed by atoms with Gasteiger partial charge in [-0.1, -0.05) is 17.7 Å². The number of thiazole rings is 1. The summed E-state index contributed by atoms with van der Waals surface area (Å²) in [5.74, 6) is 0. The van der Waals surface area contributed by atoms with E-state index >= 15 is 0 Å². The first kappa shape index (κ1) is 9.69. The maximum absolute atomic E-state index is 5.89. The molecule has 0 N–H and O–H groups in total. The molecule has 1 aromatic carbocycles. The zero-order valence-corrected chi connectivity index (χ0v) is 9.62. The normalized spacial score (nSPS) is 10.5. The van der Waals surface area contributed by atoms with Crippen molar-refractivity contribution >= 4 is 22.9 Å². The monoisotopic (exact) mass is 223 g/mol. The third-order valence-corrected chi connectivity index (χ3v) is 3.27. The number of aryl methyl sites for hydroxylation is 2. The van der Waals surface area contributed by atoms with Gasteiger partial charge >= 0.3 is 0 Å². The second kappa shape index (κ2) is 3.71. The summed E-state index contributed by atoms with van der Waals surface area (Å²) in [6.45, 7) is 4.06. The van der Waals surface area contributed by atoms with Crippen molar-refractivity contribution in [3.63, 3.8) is 0 Å². The predicted molar refractivity (Wildman–Crippen MR) is 62.0 cm³/mol. The van der Waals surface area contributed by atoms with Crippen LogP contribution >= 0.6 is 22.9 Å². The Kier molecular flexibility index (Phi) is 2.57. The lowest BCUT2D eigenvalue weighted by Gasteiger charge is -2.01. The Morgan fingerprint density at radius 1 is 1.29 bits per heavy atom. The van der Waals surface area contributed by atoms with Crippen LogP contribution in [0.1, 0.15) is 11.3 Å². The van der Waals surface area contributed by atoms with Crippen molar-refractivity contribution in [3.05, 3.63) is 39.9 Å². The summed E-state index contributed by atoms with van der Waals surface area (Å²) in [5, 5.41) is 3.90. The van der Waals surface area contributed by atoms with E-state index in [4.69, 9.17) is 11.6 Å². The highest BCUT2D eigenvalue weighted by molar-refractivity contribution is 7.13. The first-order valence-electron chi connectivity index (χ1n) is 4.35. The molecular weight excluding hydrogens is 214 g/mol. The van der Waals surface area contributed by atoms with Gasteiger partial charge < -0.3 is 0 Å². The standard InChI is InChI=1S/C11H10ClNS/c1-7-5-9(12)3-4-10(7)11-13-8(2)6-14-11/h3-6H,1-2H3. The van der Waals surface area contributed by atoms with Gasteiger partial charge in [-0.25, -0.2) is 4.98 Å². The molecule has 1 heterocycles. The highest BCUT2D eigenvalue weighted by atomic mass is 35.5. The number of rotatable bonds is 1. The largest absolute Gasteiger partial charge is 0.241 e. The van der Waals surface area contributed by atoms with Gasteiger partial charge in [-0.3, -0.25) is 0 Å². The molecule has 0 bridgehead atoms.